The highest BCUT2D eigenvalue weighted by molar-refractivity contribution is 8.00. The SMILES string of the molecule is Oc1c(N=Nc2ccccn2)c2cc(C(F)(F)F)ccc2n1C1CSC1. The Bertz CT molecular complexity index is 981. The molecule has 1 saturated heterocycles. The Morgan fingerprint density at radius 1 is 1.15 bits per heavy atom. The van der Waals surface area contributed by atoms with E-state index in [1.54, 1.807) is 34.5 Å². The van der Waals surface area contributed by atoms with Crippen LogP contribution in [0.15, 0.2) is 52.8 Å². The number of benzene rings is 1. The standard InChI is InChI=1S/C17H13F3N4OS/c18-17(19,20)10-4-5-13-12(7-10)15(16(25)24(13)11-8-26-9-11)23-22-14-3-1-2-6-21-14/h1-7,11,25H,8-9H2. The predicted octanol–water partition coefficient (Wildman–Crippen LogP) is 5.46. The van der Waals surface area contributed by atoms with E-state index in [9.17, 15) is 18.3 Å². The summed E-state index contributed by atoms with van der Waals surface area (Å²) in [6, 6.07) is 8.47. The molecular weight excluding hydrogens is 365 g/mol. The molecule has 26 heavy (non-hydrogen) atoms. The molecule has 0 radical (unpaired) electrons. The Morgan fingerprint density at radius 2 is 1.96 bits per heavy atom. The predicted molar refractivity (Wildman–Crippen MR) is 93.4 cm³/mol. The zero-order chi connectivity index (χ0) is 18.3. The molecule has 0 aliphatic carbocycles. The fourth-order valence-corrected chi connectivity index (χ4v) is 3.56. The van der Waals surface area contributed by atoms with Crippen molar-refractivity contribution in [3.05, 3.63) is 48.2 Å². The lowest BCUT2D eigenvalue weighted by atomic mass is 10.1. The van der Waals surface area contributed by atoms with E-state index in [-0.39, 0.29) is 23.0 Å². The molecule has 2 aromatic heterocycles. The zero-order valence-corrected chi connectivity index (χ0v) is 14.1. The van der Waals surface area contributed by atoms with Gasteiger partial charge in [-0.15, -0.1) is 10.2 Å². The highest BCUT2D eigenvalue weighted by Gasteiger charge is 2.33. The van der Waals surface area contributed by atoms with Crippen LogP contribution in [0.25, 0.3) is 10.9 Å². The Kier molecular flexibility index (Phi) is 4.10. The monoisotopic (exact) mass is 378 g/mol. The van der Waals surface area contributed by atoms with Crippen LogP contribution in [0.3, 0.4) is 0 Å². The summed E-state index contributed by atoms with van der Waals surface area (Å²) in [5.41, 5.74) is -0.260. The van der Waals surface area contributed by atoms with Gasteiger partial charge in [0.1, 0.15) is 0 Å². The number of pyridine rings is 1. The fraction of sp³-hybridized carbons (Fsp3) is 0.235. The lowest BCUT2D eigenvalue weighted by molar-refractivity contribution is -0.137. The zero-order valence-electron chi connectivity index (χ0n) is 13.3. The van der Waals surface area contributed by atoms with Crippen LogP contribution in [-0.2, 0) is 6.18 Å². The second kappa shape index (κ2) is 6.31. The minimum absolute atomic E-state index is 0.0219. The second-order valence-corrected chi connectivity index (χ2v) is 6.93. The number of azo groups is 1. The van der Waals surface area contributed by atoms with Gasteiger partial charge < -0.3 is 9.67 Å². The maximum atomic E-state index is 13.1. The maximum absolute atomic E-state index is 13.1. The number of aromatic nitrogens is 2. The van der Waals surface area contributed by atoms with E-state index in [1.165, 1.54) is 12.3 Å². The Labute approximate surface area is 150 Å². The van der Waals surface area contributed by atoms with Gasteiger partial charge >= 0.3 is 6.18 Å². The highest BCUT2D eigenvalue weighted by atomic mass is 32.2. The number of halogens is 3. The molecule has 1 aliphatic heterocycles. The van der Waals surface area contributed by atoms with Crippen molar-refractivity contribution in [2.45, 2.75) is 12.2 Å². The van der Waals surface area contributed by atoms with Gasteiger partial charge in [0.2, 0.25) is 5.88 Å². The first-order chi connectivity index (χ1) is 12.4. The largest absolute Gasteiger partial charge is 0.493 e. The normalized spacial score (nSPS) is 15.7. The molecule has 0 saturated carbocycles. The quantitative estimate of drug-likeness (QED) is 0.615. The van der Waals surface area contributed by atoms with E-state index in [4.69, 9.17) is 0 Å². The van der Waals surface area contributed by atoms with Crippen molar-refractivity contribution in [3.63, 3.8) is 0 Å². The molecule has 0 atom stereocenters. The number of alkyl halides is 3. The van der Waals surface area contributed by atoms with Crippen LogP contribution < -0.4 is 0 Å². The van der Waals surface area contributed by atoms with Crippen molar-refractivity contribution in [3.8, 4) is 5.88 Å². The molecule has 3 heterocycles. The number of aromatic hydroxyl groups is 1. The molecule has 0 amide bonds. The smallest absolute Gasteiger partial charge is 0.416 e. The highest BCUT2D eigenvalue weighted by Crippen LogP contribution is 2.46. The molecule has 0 unspecified atom stereocenters. The summed E-state index contributed by atoms with van der Waals surface area (Å²) in [6.07, 6.45) is -2.95. The van der Waals surface area contributed by atoms with Crippen LogP contribution in [-0.4, -0.2) is 26.2 Å². The minimum Gasteiger partial charge on any atom is -0.493 e. The minimum atomic E-state index is -4.48. The maximum Gasteiger partial charge on any atom is 0.416 e. The molecule has 0 bridgehead atoms. The van der Waals surface area contributed by atoms with E-state index < -0.39 is 11.7 Å². The van der Waals surface area contributed by atoms with Crippen LogP contribution in [0.4, 0.5) is 24.7 Å². The first-order valence-electron chi connectivity index (χ1n) is 7.80. The Hall–Kier alpha value is -2.55. The number of hydrogen-bond acceptors (Lipinski definition) is 5. The Morgan fingerprint density at radius 3 is 2.58 bits per heavy atom. The van der Waals surface area contributed by atoms with E-state index >= 15 is 0 Å². The van der Waals surface area contributed by atoms with E-state index in [2.05, 4.69) is 15.2 Å². The van der Waals surface area contributed by atoms with Gasteiger partial charge in [-0.2, -0.15) is 24.9 Å². The lowest BCUT2D eigenvalue weighted by Crippen LogP contribution is -2.22. The van der Waals surface area contributed by atoms with Crippen molar-refractivity contribution in [2.75, 3.05) is 11.5 Å². The van der Waals surface area contributed by atoms with Crippen LogP contribution in [0.5, 0.6) is 5.88 Å². The summed E-state index contributed by atoms with van der Waals surface area (Å²) in [5.74, 6) is 1.70. The van der Waals surface area contributed by atoms with Crippen molar-refractivity contribution >= 4 is 34.2 Å². The van der Waals surface area contributed by atoms with Gasteiger partial charge in [-0.05, 0) is 30.3 Å². The number of fused-ring (bicyclic) bond motifs is 1. The van der Waals surface area contributed by atoms with Gasteiger partial charge in [0, 0.05) is 23.1 Å². The summed E-state index contributed by atoms with van der Waals surface area (Å²) in [4.78, 5) is 4.00. The number of thioether (sulfide) groups is 1. The number of nitrogens with zero attached hydrogens (tertiary/aromatic N) is 4. The van der Waals surface area contributed by atoms with E-state index in [0.717, 1.165) is 23.6 Å². The van der Waals surface area contributed by atoms with Crippen molar-refractivity contribution in [1.82, 2.24) is 9.55 Å². The summed E-state index contributed by atoms with van der Waals surface area (Å²) in [7, 11) is 0. The molecule has 1 fully saturated rings. The van der Waals surface area contributed by atoms with E-state index in [1.807, 2.05) is 0 Å². The molecule has 1 aliphatic rings. The third-order valence-corrected chi connectivity index (χ3v) is 5.41. The number of hydrogen-bond donors (Lipinski definition) is 1. The fourth-order valence-electron chi connectivity index (χ4n) is 2.82. The molecular formula is C17H13F3N4OS. The molecule has 1 N–H and O–H groups in total. The molecule has 4 rings (SSSR count). The molecule has 0 spiro atoms. The van der Waals surface area contributed by atoms with Gasteiger partial charge in [-0.3, -0.25) is 0 Å². The second-order valence-electron chi connectivity index (χ2n) is 5.85. The van der Waals surface area contributed by atoms with Gasteiger partial charge in [-0.1, -0.05) is 6.07 Å². The molecule has 5 nitrogen and oxygen atoms in total. The molecule has 3 aromatic rings. The third kappa shape index (κ3) is 2.92. The average Bonchev–Trinajstić information content (AvgIpc) is 2.83. The van der Waals surface area contributed by atoms with Gasteiger partial charge in [0.05, 0.1) is 17.1 Å². The van der Waals surface area contributed by atoms with E-state index in [0.29, 0.717) is 11.3 Å². The van der Waals surface area contributed by atoms with Crippen molar-refractivity contribution < 1.29 is 18.3 Å². The summed E-state index contributed by atoms with van der Waals surface area (Å²) in [6.45, 7) is 0. The first kappa shape index (κ1) is 16.9. The van der Waals surface area contributed by atoms with Crippen LogP contribution in [0.2, 0.25) is 0 Å². The number of rotatable bonds is 3. The average molecular weight is 378 g/mol. The topological polar surface area (TPSA) is 62.8 Å². The van der Waals surface area contributed by atoms with Crippen molar-refractivity contribution in [1.29, 1.82) is 0 Å². The van der Waals surface area contributed by atoms with Gasteiger partial charge in [0.15, 0.2) is 11.5 Å². The summed E-state index contributed by atoms with van der Waals surface area (Å²) < 4.78 is 41.0. The molecule has 1 aromatic carbocycles. The Balaban J connectivity index is 1.88. The van der Waals surface area contributed by atoms with Crippen LogP contribution in [0, 0.1) is 0 Å². The summed E-state index contributed by atoms with van der Waals surface area (Å²) >= 11 is 1.71. The summed E-state index contributed by atoms with van der Waals surface area (Å²) in [5, 5.41) is 18.8. The lowest BCUT2D eigenvalue weighted by Gasteiger charge is -2.27. The van der Waals surface area contributed by atoms with Gasteiger partial charge in [0.25, 0.3) is 0 Å². The van der Waals surface area contributed by atoms with Crippen LogP contribution >= 0.6 is 11.8 Å². The van der Waals surface area contributed by atoms with Crippen molar-refractivity contribution in [2.24, 2.45) is 10.2 Å². The third-order valence-electron chi connectivity index (χ3n) is 4.17. The van der Waals surface area contributed by atoms with Crippen LogP contribution in [0.1, 0.15) is 11.6 Å². The molecule has 9 heteroatoms. The van der Waals surface area contributed by atoms with Gasteiger partial charge in [-0.25, -0.2) is 4.98 Å². The first-order valence-corrected chi connectivity index (χ1v) is 8.95. The molecule has 134 valence electrons.